The molecular formula is C84H55BN6O. The zero-order valence-corrected chi connectivity index (χ0v) is 49.9. The number of ether oxygens (including phenoxy) is 1. The number of hydrogen-bond donors (Lipinski definition) is 0. The molecule has 0 spiro atoms. The van der Waals surface area contributed by atoms with Gasteiger partial charge in [0.2, 0.25) is 0 Å². The van der Waals surface area contributed by atoms with Gasteiger partial charge in [-0.05, 0) is 156 Å². The van der Waals surface area contributed by atoms with Gasteiger partial charge in [0.05, 0.1) is 38.8 Å². The zero-order chi connectivity index (χ0) is 60.4. The van der Waals surface area contributed by atoms with Crippen molar-refractivity contribution in [2.75, 3.05) is 14.7 Å². The SMILES string of the molecule is c1ccc(N(c2ccccc2)c2ccc3c(c2)N(c2ccccc2)c2cc(N(c4ccccc4)c4ccccc4)cc4c2B3c2cc(-n3c5ccccc5c5c6c(c7ccccc7n6-c6ccccc6)c6c(c7ccccc7n6-c6ccccc6)c53)ccc2O4)cc1. The van der Waals surface area contributed by atoms with Crippen LogP contribution in [0.15, 0.2) is 334 Å². The van der Waals surface area contributed by atoms with Crippen LogP contribution in [-0.2, 0) is 0 Å². The Bertz CT molecular complexity index is 5590. The summed E-state index contributed by atoms with van der Waals surface area (Å²) < 4.78 is 15.2. The normalized spacial score (nSPS) is 12.4. The van der Waals surface area contributed by atoms with Crippen molar-refractivity contribution in [1.82, 2.24) is 13.7 Å². The monoisotopic (exact) mass is 1170 g/mol. The van der Waals surface area contributed by atoms with Crippen molar-refractivity contribution in [2.24, 2.45) is 0 Å². The van der Waals surface area contributed by atoms with E-state index in [1.165, 1.54) is 48.8 Å². The van der Waals surface area contributed by atoms with Crippen LogP contribution < -0.4 is 35.8 Å². The van der Waals surface area contributed by atoms with E-state index in [4.69, 9.17) is 4.74 Å². The molecule has 0 N–H and O–H groups in total. The molecule has 0 saturated carbocycles. The summed E-state index contributed by atoms with van der Waals surface area (Å²) in [4.78, 5) is 7.19. The average molecular weight is 1180 g/mol. The molecule has 17 aromatic rings. The minimum absolute atomic E-state index is 0.258. The third kappa shape index (κ3) is 7.77. The smallest absolute Gasteiger partial charge is 0.256 e. The summed E-state index contributed by atoms with van der Waals surface area (Å²) in [5.41, 5.74) is 23.0. The summed E-state index contributed by atoms with van der Waals surface area (Å²) in [6.45, 7) is -0.258. The lowest BCUT2D eigenvalue weighted by Crippen LogP contribution is -2.59. The van der Waals surface area contributed by atoms with E-state index in [1.807, 2.05) is 0 Å². The highest BCUT2D eigenvalue weighted by Crippen LogP contribution is 2.52. The van der Waals surface area contributed by atoms with Crippen molar-refractivity contribution in [3.63, 3.8) is 0 Å². The topological polar surface area (TPSA) is 33.7 Å². The van der Waals surface area contributed by atoms with E-state index in [1.54, 1.807) is 0 Å². The lowest BCUT2D eigenvalue weighted by molar-refractivity contribution is 0.487. The number of para-hydroxylation sites is 10. The summed E-state index contributed by atoms with van der Waals surface area (Å²) in [6.07, 6.45) is 0. The van der Waals surface area contributed by atoms with Crippen molar-refractivity contribution in [3.8, 4) is 28.6 Å². The first kappa shape index (κ1) is 51.8. The van der Waals surface area contributed by atoms with Gasteiger partial charge >= 0.3 is 0 Å². The van der Waals surface area contributed by atoms with Gasteiger partial charge in [-0.15, -0.1) is 0 Å². The average Bonchev–Trinajstić information content (AvgIpc) is 1.44. The van der Waals surface area contributed by atoms with Gasteiger partial charge in [0.25, 0.3) is 6.71 Å². The number of nitrogens with zero attached hydrogens (tertiary/aromatic N) is 6. The summed E-state index contributed by atoms with van der Waals surface area (Å²) in [5, 5.41) is 7.18. The van der Waals surface area contributed by atoms with Crippen LogP contribution in [0.5, 0.6) is 11.5 Å². The predicted octanol–water partition coefficient (Wildman–Crippen LogP) is 20.3. The molecule has 0 unspecified atom stereocenters. The molecule has 19 rings (SSSR count). The maximum absolute atomic E-state index is 7.57. The number of fused-ring (bicyclic) bond motifs is 16. The zero-order valence-electron chi connectivity index (χ0n) is 49.9. The number of rotatable bonds is 10. The Labute approximate surface area is 532 Å². The molecule has 8 heteroatoms. The standard InChI is InChI=1S/C84H55BN6O/c1-8-28-56(29-9-1)86(57-30-10-2-11-31-57)64-48-50-69-74(53-64)88(60-36-16-5-17-37-60)75-54-65(87(58-32-12-3-13-33-58)59-34-14-4-15-35-59)55-77-81(75)85(69)70-52-63(49-51-76(70)92-77)91-73-47-27-24-44-68(73)80-83-78(66-42-22-25-45-71(66)89(83)61-38-18-6-19-39-61)82-79(84(80)91)67-43-23-26-46-72(67)90(82)62-40-20-7-21-41-62/h1-55H. The number of hydrogen-bond acceptors (Lipinski definition) is 4. The molecule has 3 aromatic heterocycles. The van der Waals surface area contributed by atoms with Crippen LogP contribution >= 0.6 is 0 Å². The van der Waals surface area contributed by atoms with Crippen molar-refractivity contribution < 1.29 is 4.74 Å². The molecule has 0 saturated heterocycles. The van der Waals surface area contributed by atoms with E-state index >= 15 is 0 Å². The van der Waals surface area contributed by atoms with Gasteiger partial charge in [-0.2, -0.15) is 0 Å². The second-order valence-corrected chi connectivity index (χ2v) is 24.0. The van der Waals surface area contributed by atoms with E-state index in [0.29, 0.717) is 0 Å². The van der Waals surface area contributed by atoms with Crippen molar-refractivity contribution in [3.05, 3.63) is 334 Å². The van der Waals surface area contributed by atoms with Crippen LogP contribution in [0.1, 0.15) is 0 Å². The molecule has 14 aromatic carbocycles. The first-order chi connectivity index (χ1) is 45.7. The maximum atomic E-state index is 7.57. The van der Waals surface area contributed by atoms with Crippen LogP contribution in [-0.4, -0.2) is 20.4 Å². The Kier molecular flexibility index (Phi) is 11.6. The molecule has 92 heavy (non-hydrogen) atoms. The van der Waals surface area contributed by atoms with Crippen LogP contribution in [0.3, 0.4) is 0 Å². The molecule has 430 valence electrons. The summed E-state index contributed by atoms with van der Waals surface area (Å²) in [6, 6.07) is 121. The molecule has 0 amide bonds. The molecule has 2 aliphatic rings. The third-order valence-corrected chi connectivity index (χ3v) is 18.9. The van der Waals surface area contributed by atoms with Gasteiger partial charge in [0, 0.05) is 101 Å². The van der Waals surface area contributed by atoms with Crippen LogP contribution in [0, 0.1) is 0 Å². The minimum Gasteiger partial charge on any atom is -0.458 e. The molecule has 0 aliphatic carbocycles. The fourth-order valence-electron chi connectivity index (χ4n) is 15.3. The molecule has 0 bridgehead atoms. The van der Waals surface area contributed by atoms with Crippen LogP contribution in [0.4, 0.5) is 51.2 Å². The van der Waals surface area contributed by atoms with E-state index in [9.17, 15) is 0 Å². The Hall–Kier alpha value is -12.3. The molecular weight excluding hydrogens is 1120 g/mol. The number of benzene rings is 14. The van der Waals surface area contributed by atoms with Crippen molar-refractivity contribution >= 4 is 140 Å². The van der Waals surface area contributed by atoms with E-state index in [0.717, 1.165) is 113 Å². The highest BCUT2D eigenvalue weighted by molar-refractivity contribution is 6.99. The molecule has 0 fully saturated rings. The number of aromatic nitrogens is 3. The fourth-order valence-corrected chi connectivity index (χ4v) is 15.3. The summed E-state index contributed by atoms with van der Waals surface area (Å²) in [7, 11) is 0. The van der Waals surface area contributed by atoms with Crippen molar-refractivity contribution in [1.29, 1.82) is 0 Å². The first-order valence-corrected chi connectivity index (χ1v) is 31.5. The van der Waals surface area contributed by atoms with Crippen LogP contribution in [0.25, 0.3) is 82.5 Å². The second kappa shape index (κ2) is 20.7. The molecule has 7 nitrogen and oxygen atoms in total. The second-order valence-electron chi connectivity index (χ2n) is 24.0. The Morgan fingerprint density at radius 2 is 0.641 bits per heavy atom. The molecule has 2 aliphatic heterocycles. The van der Waals surface area contributed by atoms with Crippen LogP contribution in [0.2, 0.25) is 0 Å². The maximum Gasteiger partial charge on any atom is 0.256 e. The van der Waals surface area contributed by atoms with E-state index in [2.05, 4.69) is 362 Å². The summed E-state index contributed by atoms with van der Waals surface area (Å²) >= 11 is 0. The van der Waals surface area contributed by atoms with E-state index in [-0.39, 0.29) is 6.71 Å². The van der Waals surface area contributed by atoms with E-state index < -0.39 is 0 Å². The van der Waals surface area contributed by atoms with Gasteiger partial charge in [0.15, 0.2) is 0 Å². The quantitative estimate of drug-likeness (QED) is 0.128. The third-order valence-electron chi connectivity index (χ3n) is 18.9. The summed E-state index contributed by atoms with van der Waals surface area (Å²) in [5.74, 6) is 1.63. The fraction of sp³-hybridized carbons (Fsp3) is 0. The van der Waals surface area contributed by atoms with Gasteiger partial charge in [0.1, 0.15) is 11.5 Å². The molecule has 0 atom stereocenters. The Balaban J connectivity index is 0.927. The molecule has 0 radical (unpaired) electrons. The predicted molar refractivity (Wildman–Crippen MR) is 385 cm³/mol. The highest BCUT2D eigenvalue weighted by Gasteiger charge is 2.44. The van der Waals surface area contributed by atoms with Gasteiger partial charge in [-0.1, -0.05) is 188 Å². The van der Waals surface area contributed by atoms with Gasteiger partial charge < -0.3 is 33.1 Å². The minimum atomic E-state index is -0.258. The largest absolute Gasteiger partial charge is 0.458 e. The number of anilines is 9. The lowest BCUT2D eigenvalue weighted by Gasteiger charge is -2.41. The molecule has 5 heterocycles. The van der Waals surface area contributed by atoms with Crippen molar-refractivity contribution in [2.45, 2.75) is 0 Å². The van der Waals surface area contributed by atoms with Gasteiger partial charge in [-0.3, -0.25) is 0 Å². The highest BCUT2D eigenvalue weighted by atomic mass is 16.5. The lowest BCUT2D eigenvalue weighted by atomic mass is 9.34. The first-order valence-electron chi connectivity index (χ1n) is 31.5. The Morgan fingerprint density at radius 3 is 1.10 bits per heavy atom. The van der Waals surface area contributed by atoms with Gasteiger partial charge in [-0.25, -0.2) is 0 Å². The Morgan fingerprint density at radius 1 is 0.261 bits per heavy atom.